The lowest BCUT2D eigenvalue weighted by Gasteiger charge is -2.36. The van der Waals surface area contributed by atoms with E-state index in [1.165, 1.54) is 24.3 Å². The summed E-state index contributed by atoms with van der Waals surface area (Å²) in [4.78, 5) is 22.6. The van der Waals surface area contributed by atoms with E-state index in [1.807, 2.05) is 20.8 Å². The molecule has 0 bridgehead atoms. The predicted octanol–water partition coefficient (Wildman–Crippen LogP) is 7.07. The van der Waals surface area contributed by atoms with Gasteiger partial charge in [-0.2, -0.15) is 26.3 Å². The molecule has 6 rings (SSSR count). The summed E-state index contributed by atoms with van der Waals surface area (Å²) in [6, 6.07) is 8.29. The number of carbonyl (C=O) groups excluding carboxylic acids is 1. The van der Waals surface area contributed by atoms with E-state index >= 15 is 0 Å². The molecular weight excluding hydrogens is 674 g/mol. The van der Waals surface area contributed by atoms with Gasteiger partial charge < -0.3 is 24.8 Å². The topological polar surface area (TPSA) is 54.5 Å². The molecule has 0 atom stereocenters. The molecule has 0 aromatic heterocycles. The van der Waals surface area contributed by atoms with Crippen molar-refractivity contribution >= 4 is 17.5 Å². The lowest BCUT2D eigenvalue weighted by molar-refractivity contribution is -0.138. The van der Waals surface area contributed by atoms with Crippen LogP contribution in [0, 0.1) is 0 Å². The van der Waals surface area contributed by atoms with Crippen molar-refractivity contribution < 1.29 is 35.9 Å². The number of nitrogens with zero attached hydrogens (tertiary/aromatic N) is 5. The van der Waals surface area contributed by atoms with Crippen LogP contribution in [0.2, 0.25) is 0 Å². The van der Waals surface area contributed by atoms with Gasteiger partial charge in [0.25, 0.3) is 0 Å². The van der Waals surface area contributed by atoms with Crippen LogP contribution in [0.25, 0.3) is 0 Å². The van der Waals surface area contributed by atoms with Crippen LogP contribution in [-0.4, -0.2) is 105 Å². The Morgan fingerprint density at radius 2 is 1.04 bits per heavy atom. The van der Waals surface area contributed by atoms with Crippen LogP contribution < -0.4 is 15.1 Å². The van der Waals surface area contributed by atoms with Crippen LogP contribution in [0.15, 0.2) is 36.4 Å². The molecule has 4 fully saturated rings. The average Bonchev–Trinajstić information content (AvgIpc) is 3.80. The number of benzene rings is 2. The molecule has 2 aromatic carbocycles. The van der Waals surface area contributed by atoms with Crippen molar-refractivity contribution in [3.05, 3.63) is 58.7 Å². The number of rotatable bonds is 6. The summed E-state index contributed by atoms with van der Waals surface area (Å²) >= 11 is 0. The Balaban J connectivity index is 0.000000205. The molecule has 2 aromatic rings. The zero-order chi connectivity index (χ0) is 36.8. The number of hydrogen-bond donors (Lipinski definition) is 1. The maximum atomic E-state index is 13.2. The fourth-order valence-electron chi connectivity index (χ4n) is 7.08. The number of alkyl halides is 6. The van der Waals surface area contributed by atoms with Gasteiger partial charge in [0.05, 0.1) is 11.1 Å². The smallest absolute Gasteiger partial charge is 0.416 e. The van der Waals surface area contributed by atoms with Gasteiger partial charge in [-0.05, 0) is 94.0 Å². The molecule has 284 valence electrons. The summed E-state index contributed by atoms with van der Waals surface area (Å²) in [5.41, 5.74) is 1.68. The van der Waals surface area contributed by atoms with E-state index < -0.39 is 29.1 Å². The van der Waals surface area contributed by atoms with Crippen molar-refractivity contribution in [2.45, 2.75) is 77.5 Å². The highest BCUT2D eigenvalue weighted by Crippen LogP contribution is 2.36. The molecule has 4 saturated heterocycles. The molecule has 4 aliphatic rings. The summed E-state index contributed by atoms with van der Waals surface area (Å²) in [7, 11) is 0. The minimum atomic E-state index is -4.35. The summed E-state index contributed by atoms with van der Waals surface area (Å²) in [6.07, 6.45) is -4.60. The number of carbonyl (C=O) groups is 1. The average molecular weight is 727 g/mol. The highest BCUT2D eigenvalue weighted by atomic mass is 19.4. The van der Waals surface area contributed by atoms with Gasteiger partial charge in [-0.25, -0.2) is 4.79 Å². The quantitative estimate of drug-likeness (QED) is 0.320. The van der Waals surface area contributed by atoms with Gasteiger partial charge >= 0.3 is 18.4 Å². The Hall–Kier alpha value is -3.23. The van der Waals surface area contributed by atoms with E-state index in [2.05, 4.69) is 24.9 Å². The first-order valence-corrected chi connectivity index (χ1v) is 18.1. The van der Waals surface area contributed by atoms with Gasteiger partial charge in [0.1, 0.15) is 5.60 Å². The number of nitrogens with one attached hydrogen (secondary N) is 1. The number of ether oxygens (including phenoxy) is 1. The van der Waals surface area contributed by atoms with Crippen molar-refractivity contribution in [1.29, 1.82) is 0 Å². The van der Waals surface area contributed by atoms with Crippen LogP contribution in [0.1, 0.15) is 68.7 Å². The summed E-state index contributed by atoms with van der Waals surface area (Å²) < 4.78 is 84.2. The Bertz CT molecular complexity index is 1440. The van der Waals surface area contributed by atoms with Crippen LogP contribution in [0.5, 0.6) is 0 Å². The molecule has 0 aliphatic carbocycles. The molecule has 51 heavy (non-hydrogen) atoms. The third-order valence-electron chi connectivity index (χ3n) is 9.73. The van der Waals surface area contributed by atoms with E-state index in [0.717, 1.165) is 95.0 Å². The van der Waals surface area contributed by atoms with Gasteiger partial charge in [-0.1, -0.05) is 0 Å². The van der Waals surface area contributed by atoms with E-state index in [4.69, 9.17) is 4.74 Å². The lowest BCUT2D eigenvalue weighted by atomic mass is 10.1. The molecule has 1 N–H and O–H groups in total. The first kappa shape index (κ1) is 39.0. The summed E-state index contributed by atoms with van der Waals surface area (Å²) in [5.74, 6) is 0. The van der Waals surface area contributed by atoms with Crippen LogP contribution in [0.3, 0.4) is 0 Å². The molecule has 0 spiro atoms. The van der Waals surface area contributed by atoms with E-state index in [9.17, 15) is 31.1 Å². The number of amides is 1. The molecule has 1 amide bonds. The van der Waals surface area contributed by atoms with Gasteiger partial charge in [-0.15, -0.1) is 0 Å². The SMILES string of the molecule is CC(C)(C)OC(=O)N1CCN(Cc2cc(C(F)(F)F)ccc2N2CCCC2)CC1.FC(F)(F)c1ccc(N2CCCC2)c(CN2CCNCC2)c1. The summed E-state index contributed by atoms with van der Waals surface area (Å²) in [6.45, 7) is 16.0. The Morgan fingerprint density at radius 1 is 0.627 bits per heavy atom. The maximum absolute atomic E-state index is 13.2. The van der Waals surface area contributed by atoms with Crippen LogP contribution in [-0.2, 0) is 30.2 Å². The minimum absolute atomic E-state index is 0.339. The minimum Gasteiger partial charge on any atom is -0.444 e. The number of piperazine rings is 2. The first-order valence-electron chi connectivity index (χ1n) is 18.1. The Morgan fingerprint density at radius 3 is 1.43 bits per heavy atom. The molecule has 4 aliphatic heterocycles. The molecule has 14 heteroatoms. The zero-order valence-corrected chi connectivity index (χ0v) is 30.0. The van der Waals surface area contributed by atoms with Crippen LogP contribution >= 0.6 is 0 Å². The Kier molecular flexibility index (Phi) is 12.7. The molecule has 4 heterocycles. The third kappa shape index (κ3) is 11.1. The number of hydrogen-bond acceptors (Lipinski definition) is 7. The molecule has 0 unspecified atom stereocenters. The van der Waals surface area contributed by atoms with Gasteiger partial charge in [0.2, 0.25) is 0 Å². The molecule has 0 radical (unpaired) electrons. The molecular formula is C37H52F6N6O2. The van der Waals surface area contributed by atoms with Crippen molar-refractivity contribution in [3.8, 4) is 0 Å². The highest BCUT2D eigenvalue weighted by Gasteiger charge is 2.34. The molecule has 0 saturated carbocycles. The molecule has 8 nitrogen and oxygen atoms in total. The second-order valence-electron chi connectivity index (χ2n) is 14.8. The predicted molar refractivity (Wildman–Crippen MR) is 187 cm³/mol. The second-order valence-corrected chi connectivity index (χ2v) is 14.8. The first-order chi connectivity index (χ1) is 24.1. The van der Waals surface area contributed by atoms with E-state index in [-0.39, 0.29) is 6.09 Å². The van der Waals surface area contributed by atoms with Crippen molar-refractivity contribution in [2.24, 2.45) is 0 Å². The zero-order valence-electron chi connectivity index (χ0n) is 30.0. The number of halogens is 6. The largest absolute Gasteiger partial charge is 0.444 e. The fraction of sp³-hybridized carbons (Fsp3) is 0.649. The Labute approximate surface area is 297 Å². The lowest BCUT2D eigenvalue weighted by Crippen LogP contribution is -2.49. The van der Waals surface area contributed by atoms with Crippen molar-refractivity contribution in [3.63, 3.8) is 0 Å². The monoisotopic (exact) mass is 726 g/mol. The van der Waals surface area contributed by atoms with Crippen molar-refractivity contribution in [2.75, 3.05) is 88.3 Å². The normalized spacial score (nSPS) is 19.7. The van der Waals surface area contributed by atoms with Crippen LogP contribution in [0.4, 0.5) is 42.5 Å². The number of anilines is 2. The van der Waals surface area contributed by atoms with E-state index in [1.54, 1.807) is 17.0 Å². The highest BCUT2D eigenvalue weighted by molar-refractivity contribution is 5.68. The fourth-order valence-corrected chi connectivity index (χ4v) is 7.08. The van der Waals surface area contributed by atoms with E-state index in [0.29, 0.717) is 44.8 Å². The van der Waals surface area contributed by atoms with Crippen molar-refractivity contribution in [1.82, 2.24) is 20.0 Å². The maximum Gasteiger partial charge on any atom is 0.416 e. The second kappa shape index (κ2) is 16.6. The summed E-state index contributed by atoms with van der Waals surface area (Å²) in [5, 5.41) is 3.27. The standard InChI is InChI=1S/C21H30F3N3O2.C16H22F3N3/c1-20(2,3)29-19(28)27-12-10-25(11-13-27)15-16-14-17(21(22,23)24)6-7-18(16)26-8-4-5-9-26;17-16(18,19)14-3-4-15(22-7-1-2-8-22)13(11-14)12-21-9-5-20-6-10-21/h6-7,14H,4-5,8-13,15H2,1-3H3;3-4,11,20H,1-2,5-10,12H2. The third-order valence-corrected chi connectivity index (χ3v) is 9.73. The van der Waals surface area contributed by atoms with Gasteiger partial charge in [-0.3, -0.25) is 9.80 Å². The van der Waals surface area contributed by atoms with Gasteiger partial charge in [0.15, 0.2) is 0 Å². The van der Waals surface area contributed by atoms with Gasteiger partial charge in [0, 0.05) is 103 Å².